The van der Waals surface area contributed by atoms with Crippen LogP contribution >= 0.6 is 11.3 Å². The van der Waals surface area contributed by atoms with Crippen molar-refractivity contribution in [3.8, 4) is 6.07 Å². The number of thiophene rings is 1. The number of nitrogens with zero attached hydrogens (tertiary/aromatic N) is 2. The van der Waals surface area contributed by atoms with Crippen LogP contribution in [0.25, 0.3) is 0 Å². The molecule has 1 aromatic heterocycles. The van der Waals surface area contributed by atoms with Crippen LogP contribution in [0.4, 0.5) is 0 Å². The highest BCUT2D eigenvalue weighted by Gasteiger charge is 2.32. The van der Waals surface area contributed by atoms with Gasteiger partial charge in [0.2, 0.25) is 5.91 Å². The Labute approximate surface area is 134 Å². The van der Waals surface area contributed by atoms with E-state index in [1.165, 1.54) is 16.2 Å². The number of hydrogen-bond acceptors (Lipinski definition) is 5. The van der Waals surface area contributed by atoms with Gasteiger partial charge in [-0.1, -0.05) is 0 Å². The number of rotatable bonds is 5. The summed E-state index contributed by atoms with van der Waals surface area (Å²) in [6.07, 6.45) is 2.91. The Kier molecular flexibility index (Phi) is 4.77. The van der Waals surface area contributed by atoms with E-state index in [0.717, 1.165) is 50.2 Å². The molecule has 1 aliphatic carbocycles. The van der Waals surface area contributed by atoms with Crippen molar-refractivity contribution in [3.63, 3.8) is 0 Å². The summed E-state index contributed by atoms with van der Waals surface area (Å²) in [5.74, 6) is -0.133. The van der Waals surface area contributed by atoms with Gasteiger partial charge in [-0.2, -0.15) is 5.26 Å². The quantitative estimate of drug-likeness (QED) is 0.862. The Balaban J connectivity index is 1.45. The Morgan fingerprint density at radius 1 is 1.41 bits per heavy atom. The van der Waals surface area contributed by atoms with Crippen molar-refractivity contribution < 1.29 is 9.90 Å². The molecular weight excluding hydrogens is 298 g/mol. The Morgan fingerprint density at radius 2 is 2.14 bits per heavy atom. The molecule has 1 atom stereocenters. The van der Waals surface area contributed by atoms with Gasteiger partial charge in [-0.05, 0) is 56.8 Å². The maximum atomic E-state index is 11.9. The molecule has 1 amide bonds. The lowest BCUT2D eigenvalue weighted by atomic mass is 9.90. The Hall–Kier alpha value is -1.42. The number of nitrogens with one attached hydrogen (secondary N) is 1. The molecule has 1 aromatic rings. The van der Waals surface area contributed by atoms with Crippen LogP contribution in [0.2, 0.25) is 0 Å². The number of aliphatic hydroxyl groups excluding tert-OH is 1. The molecule has 3 rings (SSSR count). The maximum Gasteiger partial charge on any atom is 0.249 e. The second kappa shape index (κ2) is 6.78. The van der Waals surface area contributed by atoms with E-state index in [0.29, 0.717) is 6.04 Å². The maximum absolute atomic E-state index is 11.9. The van der Waals surface area contributed by atoms with E-state index in [1.54, 1.807) is 0 Å². The van der Waals surface area contributed by atoms with Crippen LogP contribution in [0.5, 0.6) is 0 Å². The van der Waals surface area contributed by atoms with Gasteiger partial charge in [-0.25, -0.2) is 0 Å². The first-order valence-electron chi connectivity index (χ1n) is 7.85. The number of nitriles is 1. The molecule has 1 saturated heterocycles. The lowest BCUT2D eigenvalue weighted by Crippen LogP contribution is -2.44. The predicted molar refractivity (Wildman–Crippen MR) is 84.2 cm³/mol. The summed E-state index contributed by atoms with van der Waals surface area (Å²) < 4.78 is 0. The van der Waals surface area contributed by atoms with Gasteiger partial charge in [0.1, 0.15) is 17.1 Å². The summed E-state index contributed by atoms with van der Waals surface area (Å²) >= 11 is 1.54. The zero-order valence-corrected chi connectivity index (χ0v) is 13.3. The highest BCUT2D eigenvalue weighted by atomic mass is 32.1. The third kappa shape index (κ3) is 3.86. The van der Waals surface area contributed by atoms with Gasteiger partial charge >= 0.3 is 0 Å². The van der Waals surface area contributed by atoms with E-state index in [2.05, 4.69) is 16.3 Å². The van der Waals surface area contributed by atoms with Gasteiger partial charge in [0, 0.05) is 17.5 Å². The zero-order chi connectivity index (χ0) is 15.5. The first-order valence-corrected chi connectivity index (χ1v) is 8.67. The monoisotopic (exact) mass is 319 g/mol. The first kappa shape index (κ1) is 15.5. The van der Waals surface area contributed by atoms with Crippen molar-refractivity contribution in [2.24, 2.45) is 5.92 Å². The second-order valence-electron chi connectivity index (χ2n) is 6.22. The fraction of sp³-hybridized carbons (Fsp3) is 0.625. The van der Waals surface area contributed by atoms with Crippen molar-refractivity contribution in [1.82, 2.24) is 10.2 Å². The summed E-state index contributed by atoms with van der Waals surface area (Å²) in [7, 11) is 0. The van der Waals surface area contributed by atoms with Gasteiger partial charge in [0.25, 0.3) is 0 Å². The third-order valence-corrected chi connectivity index (χ3v) is 5.40. The summed E-state index contributed by atoms with van der Waals surface area (Å²) in [6.45, 7) is 2.62. The summed E-state index contributed by atoms with van der Waals surface area (Å²) in [5, 5.41) is 21.9. The van der Waals surface area contributed by atoms with E-state index in [9.17, 15) is 9.90 Å². The molecule has 2 aliphatic rings. The van der Waals surface area contributed by atoms with Crippen molar-refractivity contribution in [1.29, 1.82) is 5.26 Å². The number of hydrogen-bond donors (Lipinski definition) is 2. The van der Waals surface area contributed by atoms with Crippen molar-refractivity contribution in [2.75, 3.05) is 13.1 Å². The molecule has 2 N–H and O–H groups in total. The number of carbonyl (C=O) groups is 1. The second-order valence-corrected chi connectivity index (χ2v) is 7.39. The number of aliphatic hydroxyl groups is 1. The topological polar surface area (TPSA) is 76.4 Å². The lowest BCUT2D eigenvalue weighted by Gasteiger charge is -2.33. The van der Waals surface area contributed by atoms with Crippen LogP contribution in [-0.4, -0.2) is 41.1 Å². The van der Waals surface area contributed by atoms with E-state index in [4.69, 9.17) is 5.26 Å². The van der Waals surface area contributed by atoms with Gasteiger partial charge in [-0.15, -0.1) is 11.3 Å². The van der Waals surface area contributed by atoms with Crippen molar-refractivity contribution in [2.45, 2.75) is 44.4 Å². The van der Waals surface area contributed by atoms with E-state index in [1.807, 2.05) is 12.1 Å². The Bertz CT molecular complexity index is 568. The lowest BCUT2D eigenvalue weighted by molar-refractivity contribution is -0.133. The molecule has 5 nitrogen and oxygen atoms in total. The van der Waals surface area contributed by atoms with E-state index >= 15 is 0 Å². The third-order valence-electron chi connectivity index (χ3n) is 4.42. The number of carbonyl (C=O) groups excluding carboxylic acids is 1. The van der Waals surface area contributed by atoms with E-state index in [-0.39, 0.29) is 11.8 Å². The molecule has 1 aliphatic heterocycles. The highest BCUT2D eigenvalue weighted by Crippen LogP contribution is 2.25. The normalized spacial score (nSPS) is 21.3. The van der Waals surface area contributed by atoms with Crippen LogP contribution in [0.15, 0.2) is 12.1 Å². The molecule has 0 spiro atoms. The summed E-state index contributed by atoms with van der Waals surface area (Å²) in [6, 6.07) is 6.33. The average Bonchev–Trinajstić information content (AvgIpc) is 3.23. The van der Waals surface area contributed by atoms with Crippen LogP contribution < -0.4 is 5.32 Å². The minimum atomic E-state index is -0.866. The number of piperidine rings is 1. The summed E-state index contributed by atoms with van der Waals surface area (Å²) in [5.41, 5.74) is 0. The van der Waals surface area contributed by atoms with Crippen molar-refractivity contribution in [3.05, 3.63) is 21.9 Å². The van der Waals surface area contributed by atoms with Crippen molar-refractivity contribution >= 4 is 17.2 Å². The van der Waals surface area contributed by atoms with Gasteiger partial charge in [0.05, 0.1) is 0 Å². The van der Waals surface area contributed by atoms with Gasteiger partial charge in [-0.3, -0.25) is 9.69 Å². The number of amides is 1. The van der Waals surface area contributed by atoms with Gasteiger partial charge in [0.15, 0.2) is 0 Å². The molecule has 0 radical (unpaired) electrons. The average molecular weight is 319 g/mol. The molecule has 1 unspecified atom stereocenters. The highest BCUT2D eigenvalue weighted by molar-refractivity contribution is 7.12. The van der Waals surface area contributed by atoms with Gasteiger partial charge < -0.3 is 10.4 Å². The van der Waals surface area contributed by atoms with E-state index < -0.39 is 6.10 Å². The molecule has 6 heteroatoms. The fourth-order valence-electron chi connectivity index (χ4n) is 2.90. The molecule has 22 heavy (non-hydrogen) atoms. The predicted octanol–water partition coefficient (Wildman–Crippen LogP) is 1.47. The molecular formula is C16H21N3O2S. The molecule has 118 valence electrons. The minimum Gasteiger partial charge on any atom is -0.383 e. The zero-order valence-electron chi connectivity index (χ0n) is 12.5. The SMILES string of the molecule is N#Cc1ccc(CN2CCC(C(O)C(=O)NC3CC3)CC2)s1. The standard InChI is InChI=1S/C16H21N3O2S/c17-9-13-3-4-14(22-13)10-19-7-5-11(6-8-19)15(20)16(21)18-12-1-2-12/h3-4,11-12,15,20H,1-2,5-8,10H2,(H,18,21). The Morgan fingerprint density at radius 3 is 2.73 bits per heavy atom. The minimum absolute atomic E-state index is 0.0630. The fourth-order valence-corrected chi connectivity index (χ4v) is 3.75. The molecule has 2 fully saturated rings. The van der Waals surface area contributed by atoms with Crippen LogP contribution in [-0.2, 0) is 11.3 Å². The first-order chi connectivity index (χ1) is 10.7. The molecule has 2 heterocycles. The van der Waals surface area contributed by atoms with Crippen LogP contribution in [0.1, 0.15) is 35.4 Å². The smallest absolute Gasteiger partial charge is 0.249 e. The number of likely N-dealkylation sites (tertiary alicyclic amines) is 1. The van der Waals surface area contributed by atoms with Crippen LogP contribution in [0, 0.1) is 17.2 Å². The molecule has 0 aromatic carbocycles. The molecule has 1 saturated carbocycles. The van der Waals surface area contributed by atoms with Crippen LogP contribution in [0.3, 0.4) is 0 Å². The summed E-state index contributed by atoms with van der Waals surface area (Å²) in [4.78, 5) is 16.2. The largest absolute Gasteiger partial charge is 0.383 e. The molecule has 0 bridgehead atoms.